The molecule has 3 rings (SSSR count). The molecule has 1 amide bonds. The number of carbonyl (C=O) groups excluding carboxylic acids is 1. The van der Waals surface area contributed by atoms with Crippen LogP contribution in [-0.4, -0.2) is 42.0 Å². The van der Waals surface area contributed by atoms with Crippen LogP contribution in [0.15, 0.2) is 42.6 Å². The van der Waals surface area contributed by atoms with Crippen molar-refractivity contribution >= 4 is 41.3 Å². The summed E-state index contributed by atoms with van der Waals surface area (Å²) in [6.45, 7) is 2.89. The molecule has 1 saturated heterocycles. The molecule has 0 spiro atoms. The highest BCUT2D eigenvalue weighted by molar-refractivity contribution is 6.30. The fourth-order valence-electron chi connectivity index (χ4n) is 2.53. The highest BCUT2D eigenvalue weighted by atomic mass is 35.5. The van der Waals surface area contributed by atoms with E-state index in [4.69, 9.17) is 17.3 Å². The molecule has 1 aromatic carbocycles. The Kier molecular flexibility index (Phi) is 5.69. The quantitative estimate of drug-likeness (QED) is 0.902. The molecule has 2 N–H and O–H groups in total. The number of rotatable bonds is 2. The number of nitrogens with two attached hydrogens (primary N) is 1. The molecule has 0 atom stereocenters. The molecular formula is C16H18Cl2N4O. The molecule has 1 aromatic heterocycles. The summed E-state index contributed by atoms with van der Waals surface area (Å²) in [5.41, 5.74) is 7.68. The van der Waals surface area contributed by atoms with Gasteiger partial charge >= 0.3 is 0 Å². The van der Waals surface area contributed by atoms with E-state index in [-0.39, 0.29) is 18.3 Å². The predicted octanol–water partition coefficient (Wildman–Crippen LogP) is 2.70. The summed E-state index contributed by atoms with van der Waals surface area (Å²) >= 11 is 6.03. The highest BCUT2D eigenvalue weighted by Crippen LogP contribution is 2.21. The molecule has 122 valence electrons. The first-order valence-electron chi connectivity index (χ1n) is 7.15. The first kappa shape index (κ1) is 17.4. The Balaban J connectivity index is 0.00000192. The second kappa shape index (κ2) is 7.53. The van der Waals surface area contributed by atoms with Gasteiger partial charge in [0.05, 0.1) is 11.9 Å². The summed E-state index contributed by atoms with van der Waals surface area (Å²) in [6.07, 6.45) is 1.51. The largest absolute Gasteiger partial charge is 0.397 e. The van der Waals surface area contributed by atoms with Crippen LogP contribution in [0.4, 0.5) is 11.4 Å². The van der Waals surface area contributed by atoms with Crippen LogP contribution in [0.25, 0.3) is 0 Å². The summed E-state index contributed by atoms with van der Waals surface area (Å²) in [5, 5.41) is 0.724. The number of aromatic nitrogens is 1. The zero-order valence-corrected chi connectivity index (χ0v) is 14.1. The molecule has 0 saturated carbocycles. The minimum absolute atomic E-state index is 0. The van der Waals surface area contributed by atoms with E-state index in [0.29, 0.717) is 24.5 Å². The van der Waals surface area contributed by atoms with Gasteiger partial charge in [-0.15, -0.1) is 12.4 Å². The van der Waals surface area contributed by atoms with Crippen LogP contribution in [0.5, 0.6) is 0 Å². The number of benzene rings is 1. The Labute approximate surface area is 146 Å². The number of anilines is 2. The predicted molar refractivity (Wildman–Crippen MR) is 95.5 cm³/mol. The number of amides is 1. The van der Waals surface area contributed by atoms with Crippen LogP contribution in [0.3, 0.4) is 0 Å². The van der Waals surface area contributed by atoms with Crippen molar-refractivity contribution in [3.05, 3.63) is 53.3 Å². The fraction of sp³-hybridized carbons (Fsp3) is 0.250. The summed E-state index contributed by atoms with van der Waals surface area (Å²) in [4.78, 5) is 20.5. The average molecular weight is 353 g/mol. The van der Waals surface area contributed by atoms with Gasteiger partial charge in [-0.3, -0.25) is 4.79 Å². The van der Waals surface area contributed by atoms with Crippen LogP contribution in [0.2, 0.25) is 5.02 Å². The van der Waals surface area contributed by atoms with E-state index in [1.165, 1.54) is 6.20 Å². The Morgan fingerprint density at radius 1 is 1.13 bits per heavy atom. The molecule has 0 radical (unpaired) electrons. The minimum Gasteiger partial charge on any atom is -0.397 e. The SMILES string of the molecule is Cl.Nc1ccc(C(=O)N2CCN(c3cccc(Cl)c3)CC2)nc1. The van der Waals surface area contributed by atoms with E-state index in [1.807, 2.05) is 29.2 Å². The van der Waals surface area contributed by atoms with Gasteiger partial charge < -0.3 is 15.5 Å². The van der Waals surface area contributed by atoms with Crippen LogP contribution in [0, 0.1) is 0 Å². The third-order valence-electron chi connectivity index (χ3n) is 3.75. The van der Waals surface area contributed by atoms with Crippen molar-refractivity contribution in [1.82, 2.24) is 9.88 Å². The molecule has 7 heteroatoms. The summed E-state index contributed by atoms with van der Waals surface area (Å²) in [6, 6.07) is 11.1. The molecule has 0 aliphatic carbocycles. The van der Waals surface area contributed by atoms with Crippen molar-refractivity contribution in [2.75, 3.05) is 36.8 Å². The Morgan fingerprint density at radius 3 is 2.48 bits per heavy atom. The first-order chi connectivity index (χ1) is 10.6. The molecule has 2 heterocycles. The van der Waals surface area contributed by atoms with Gasteiger partial charge in [-0.25, -0.2) is 4.98 Å². The lowest BCUT2D eigenvalue weighted by Gasteiger charge is -2.36. The molecule has 5 nitrogen and oxygen atoms in total. The molecule has 1 aliphatic rings. The third kappa shape index (κ3) is 4.06. The van der Waals surface area contributed by atoms with Crippen molar-refractivity contribution in [3.63, 3.8) is 0 Å². The van der Waals surface area contributed by atoms with Gasteiger partial charge in [0, 0.05) is 36.9 Å². The van der Waals surface area contributed by atoms with Gasteiger partial charge in [0.2, 0.25) is 0 Å². The first-order valence-corrected chi connectivity index (χ1v) is 7.52. The van der Waals surface area contributed by atoms with E-state index >= 15 is 0 Å². The standard InChI is InChI=1S/C16H17ClN4O.ClH/c17-12-2-1-3-14(10-12)20-6-8-21(9-7-20)16(22)15-5-4-13(18)11-19-15;/h1-5,10-11H,6-9,18H2;1H. The van der Waals surface area contributed by atoms with Gasteiger partial charge in [0.15, 0.2) is 0 Å². The number of hydrogen-bond donors (Lipinski definition) is 1. The topological polar surface area (TPSA) is 62.5 Å². The molecule has 2 aromatic rings. The molecular weight excluding hydrogens is 335 g/mol. The zero-order chi connectivity index (χ0) is 15.5. The Morgan fingerprint density at radius 2 is 1.87 bits per heavy atom. The summed E-state index contributed by atoms with van der Waals surface area (Å²) < 4.78 is 0. The second-order valence-corrected chi connectivity index (χ2v) is 5.67. The van der Waals surface area contributed by atoms with Gasteiger partial charge in [-0.1, -0.05) is 17.7 Å². The highest BCUT2D eigenvalue weighted by Gasteiger charge is 2.23. The monoisotopic (exact) mass is 352 g/mol. The van der Waals surface area contributed by atoms with Crippen LogP contribution in [0.1, 0.15) is 10.5 Å². The molecule has 23 heavy (non-hydrogen) atoms. The number of hydrogen-bond acceptors (Lipinski definition) is 4. The number of halogens is 2. The van der Waals surface area contributed by atoms with Crippen molar-refractivity contribution in [1.29, 1.82) is 0 Å². The lowest BCUT2D eigenvalue weighted by molar-refractivity contribution is 0.0741. The lowest BCUT2D eigenvalue weighted by atomic mass is 10.2. The molecule has 1 fully saturated rings. The number of carbonyl (C=O) groups is 1. The van der Waals surface area contributed by atoms with Gasteiger partial charge in [0.1, 0.15) is 5.69 Å². The summed E-state index contributed by atoms with van der Waals surface area (Å²) in [7, 11) is 0. The van der Waals surface area contributed by atoms with Crippen molar-refractivity contribution < 1.29 is 4.79 Å². The molecule has 1 aliphatic heterocycles. The van der Waals surface area contributed by atoms with Crippen LogP contribution >= 0.6 is 24.0 Å². The zero-order valence-electron chi connectivity index (χ0n) is 12.5. The lowest BCUT2D eigenvalue weighted by Crippen LogP contribution is -2.49. The fourth-order valence-corrected chi connectivity index (χ4v) is 2.72. The Hall–Kier alpha value is -1.98. The third-order valence-corrected chi connectivity index (χ3v) is 3.98. The van der Waals surface area contributed by atoms with Crippen molar-refractivity contribution in [2.24, 2.45) is 0 Å². The van der Waals surface area contributed by atoms with E-state index < -0.39 is 0 Å². The number of nitrogens with zero attached hydrogens (tertiary/aromatic N) is 3. The van der Waals surface area contributed by atoms with Crippen LogP contribution in [-0.2, 0) is 0 Å². The maximum Gasteiger partial charge on any atom is 0.272 e. The molecule has 0 unspecified atom stereocenters. The summed E-state index contributed by atoms with van der Waals surface area (Å²) in [5.74, 6) is -0.0502. The van der Waals surface area contributed by atoms with E-state index in [2.05, 4.69) is 9.88 Å². The number of pyridine rings is 1. The van der Waals surface area contributed by atoms with Gasteiger partial charge in [0.25, 0.3) is 5.91 Å². The second-order valence-electron chi connectivity index (χ2n) is 5.24. The normalized spacial score (nSPS) is 14.3. The minimum atomic E-state index is -0.0502. The average Bonchev–Trinajstić information content (AvgIpc) is 2.55. The van der Waals surface area contributed by atoms with E-state index in [9.17, 15) is 4.79 Å². The number of nitrogen functional groups attached to an aromatic ring is 1. The van der Waals surface area contributed by atoms with Crippen molar-refractivity contribution in [3.8, 4) is 0 Å². The number of piperazine rings is 1. The van der Waals surface area contributed by atoms with Crippen molar-refractivity contribution in [2.45, 2.75) is 0 Å². The molecule has 0 bridgehead atoms. The smallest absolute Gasteiger partial charge is 0.272 e. The maximum absolute atomic E-state index is 12.4. The maximum atomic E-state index is 12.4. The van der Waals surface area contributed by atoms with Gasteiger partial charge in [-0.2, -0.15) is 0 Å². The van der Waals surface area contributed by atoms with E-state index in [1.54, 1.807) is 12.1 Å². The Bertz CT molecular complexity index is 670. The van der Waals surface area contributed by atoms with Crippen LogP contribution < -0.4 is 10.6 Å². The van der Waals surface area contributed by atoms with E-state index in [0.717, 1.165) is 23.8 Å². The van der Waals surface area contributed by atoms with Gasteiger partial charge in [-0.05, 0) is 30.3 Å².